The Morgan fingerprint density at radius 1 is 1.16 bits per heavy atom. The molecule has 0 radical (unpaired) electrons. The highest BCUT2D eigenvalue weighted by atomic mass is 16.2. The molecule has 3 N–H and O–H groups in total. The average Bonchev–Trinajstić information content (AvgIpc) is 2.39. The van der Waals surface area contributed by atoms with E-state index in [1.165, 1.54) is 6.42 Å². The van der Waals surface area contributed by atoms with Crippen LogP contribution in [0, 0.1) is 11.8 Å². The first-order valence-corrected chi connectivity index (χ1v) is 7.26. The Bertz CT molecular complexity index is 312. The predicted octanol–water partition coefficient (Wildman–Crippen LogP) is 0.734. The number of likely N-dealkylation sites (tertiary alicyclic amines) is 1. The maximum absolute atomic E-state index is 12.2. The summed E-state index contributed by atoms with van der Waals surface area (Å²) in [5.41, 5.74) is 5.61. The van der Waals surface area contributed by atoms with Crippen molar-refractivity contribution in [3.63, 3.8) is 0 Å². The molecule has 0 aromatic heterocycles. The van der Waals surface area contributed by atoms with E-state index < -0.39 is 6.04 Å². The number of carbonyl (C=O) groups is 2. The van der Waals surface area contributed by atoms with Gasteiger partial charge in [0, 0.05) is 19.6 Å². The molecule has 1 aliphatic heterocycles. The molecule has 0 saturated carbocycles. The third-order valence-electron chi connectivity index (χ3n) is 3.79. The first-order valence-electron chi connectivity index (χ1n) is 7.26. The summed E-state index contributed by atoms with van der Waals surface area (Å²) in [5.74, 6) is -0.137. The van der Waals surface area contributed by atoms with Crippen LogP contribution in [0.15, 0.2) is 0 Å². The first kappa shape index (κ1) is 16.0. The van der Waals surface area contributed by atoms with Gasteiger partial charge in [0.1, 0.15) is 6.04 Å². The Morgan fingerprint density at radius 3 is 2.21 bits per heavy atom. The number of nitrogens with two attached hydrogens (primary N) is 1. The number of hydrogen-bond acceptors (Lipinski definition) is 3. The molecule has 19 heavy (non-hydrogen) atoms. The summed E-state index contributed by atoms with van der Waals surface area (Å²) in [5, 5.41) is 2.80. The molecule has 1 aliphatic rings. The smallest absolute Gasteiger partial charge is 0.244 e. The summed E-state index contributed by atoms with van der Waals surface area (Å²) in [6.45, 7) is 7.62. The van der Waals surface area contributed by atoms with E-state index in [0.717, 1.165) is 25.9 Å². The van der Waals surface area contributed by atoms with Crippen LogP contribution in [0.3, 0.4) is 0 Å². The fourth-order valence-electron chi connectivity index (χ4n) is 2.45. The second kappa shape index (κ2) is 7.48. The largest absolute Gasteiger partial charge is 0.344 e. The fraction of sp³-hybridized carbons (Fsp3) is 0.857. The van der Waals surface area contributed by atoms with Gasteiger partial charge in [-0.3, -0.25) is 9.59 Å². The molecule has 110 valence electrons. The molecule has 2 amide bonds. The van der Waals surface area contributed by atoms with E-state index in [1.54, 1.807) is 6.92 Å². The predicted molar refractivity (Wildman–Crippen MR) is 75.4 cm³/mol. The zero-order valence-electron chi connectivity index (χ0n) is 12.3. The molecule has 1 rings (SSSR count). The molecule has 0 bridgehead atoms. The van der Waals surface area contributed by atoms with Crippen LogP contribution in [0.4, 0.5) is 0 Å². The van der Waals surface area contributed by atoms with Crippen molar-refractivity contribution in [2.75, 3.05) is 19.6 Å². The first-order chi connectivity index (χ1) is 8.97. The molecule has 2 unspecified atom stereocenters. The van der Waals surface area contributed by atoms with Gasteiger partial charge in [0.2, 0.25) is 11.8 Å². The zero-order valence-corrected chi connectivity index (χ0v) is 12.3. The average molecular weight is 269 g/mol. The van der Waals surface area contributed by atoms with E-state index in [1.807, 2.05) is 18.7 Å². The van der Waals surface area contributed by atoms with Crippen molar-refractivity contribution >= 4 is 11.8 Å². The minimum atomic E-state index is -0.460. The maximum atomic E-state index is 12.2. The summed E-state index contributed by atoms with van der Waals surface area (Å²) in [4.78, 5) is 26.1. The number of piperidine rings is 1. The molecule has 2 atom stereocenters. The summed E-state index contributed by atoms with van der Waals surface area (Å²) >= 11 is 0. The van der Waals surface area contributed by atoms with Gasteiger partial charge in [0.25, 0.3) is 0 Å². The molecule has 1 saturated heterocycles. The lowest BCUT2D eigenvalue weighted by atomic mass is 9.95. The topological polar surface area (TPSA) is 75.4 Å². The van der Waals surface area contributed by atoms with E-state index in [0.29, 0.717) is 6.54 Å². The molecule has 0 aromatic rings. The summed E-state index contributed by atoms with van der Waals surface area (Å²) in [6, 6.07) is -0.460. The third kappa shape index (κ3) is 4.49. The molecule has 5 heteroatoms. The Kier molecular flexibility index (Phi) is 6.28. The highest BCUT2D eigenvalue weighted by Crippen LogP contribution is 2.12. The summed E-state index contributed by atoms with van der Waals surface area (Å²) < 4.78 is 0. The van der Waals surface area contributed by atoms with Gasteiger partial charge < -0.3 is 16.0 Å². The number of amides is 2. The Balaban J connectivity index is 2.50. The Hall–Kier alpha value is -1.10. The van der Waals surface area contributed by atoms with Crippen molar-refractivity contribution < 1.29 is 9.59 Å². The normalized spacial score (nSPS) is 19.1. The van der Waals surface area contributed by atoms with Crippen LogP contribution in [-0.2, 0) is 9.59 Å². The van der Waals surface area contributed by atoms with E-state index in [9.17, 15) is 9.59 Å². The van der Waals surface area contributed by atoms with E-state index >= 15 is 0 Å². The van der Waals surface area contributed by atoms with Gasteiger partial charge >= 0.3 is 0 Å². The fourth-order valence-corrected chi connectivity index (χ4v) is 2.45. The lowest BCUT2D eigenvalue weighted by Crippen LogP contribution is -2.51. The van der Waals surface area contributed by atoms with Crippen LogP contribution in [-0.4, -0.2) is 42.4 Å². The molecular formula is C14H27N3O2. The molecule has 0 aliphatic carbocycles. The van der Waals surface area contributed by atoms with Crippen molar-refractivity contribution in [3.05, 3.63) is 0 Å². The highest BCUT2D eigenvalue weighted by molar-refractivity contribution is 5.88. The van der Waals surface area contributed by atoms with Crippen molar-refractivity contribution in [2.24, 2.45) is 17.6 Å². The minimum Gasteiger partial charge on any atom is -0.344 e. The second-order valence-corrected chi connectivity index (χ2v) is 5.70. The van der Waals surface area contributed by atoms with Gasteiger partial charge in [-0.1, -0.05) is 13.8 Å². The summed E-state index contributed by atoms with van der Waals surface area (Å²) in [6.07, 6.45) is 3.31. The van der Waals surface area contributed by atoms with Crippen molar-refractivity contribution in [1.29, 1.82) is 0 Å². The van der Waals surface area contributed by atoms with Crippen LogP contribution in [0.25, 0.3) is 0 Å². The quantitative estimate of drug-likeness (QED) is 0.773. The van der Waals surface area contributed by atoms with Gasteiger partial charge in [-0.05, 0) is 32.1 Å². The van der Waals surface area contributed by atoms with Crippen molar-refractivity contribution in [3.8, 4) is 0 Å². The van der Waals surface area contributed by atoms with Gasteiger partial charge in [-0.15, -0.1) is 0 Å². The zero-order chi connectivity index (χ0) is 14.4. The van der Waals surface area contributed by atoms with Crippen LogP contribution in [0.2, 0.25) is 0 Å². The molecular weight excluding hydrogens is 242 g/mol. The van der Waals surface area contributed by atoms with E-state index in [4.69, 9.17) is 5.73 Å². The van der Waals surface area contributed by atoms with Crippen LogP contribution in [0.1, 0.15) is 40.0 Å². The number of nitrogens with zero attached hydrogens (tertiary/aromatic N) is 1. The van der Waals surface area contributed by atoms with Gasteiger partial charge in [-0.25, -0.2) is 0 Å². The Morgan fingerprint density at radius 2 is 1.74 bits per heavy atom. The van der Waals surface area contributed by atoms with Gasteiger partial charge in [0.15, 0.2) is 0 Å². The SMILES string of the molecule is CC(NC(=O)C(CN)C(C)C)C(=O)N1CCCCC1. The monoisotopic (exact) mass is 269 g/mol. The van der Waals surface area contributed by atoms with E-state index in [2.05, 4.69) is 5.32 Å². The van der Waals surface area contributed by atoms with E-state index in [-0.39, 0.29) is 23.7 Å². The van der Waals surface area contributed by atoms with Crippen molar-refractivity contribution in [2.45, 2.75) is 46.1 Å². The number of carbonyl (C=O) groups excluding carboxylic acids is 2. The molecule has 0 aromatic carbocycles. The molecule has 1 heterocycles. The third-order valence-corrected chi connectivity index (χ3v) is 3.79. The van der Waals surface area contributed by atoms with Crippen LogP contribution in [0.5, 0.6) is 0 Å². The molecule has 1 fully saturated rings. The van der Waals surface area contributed by atoms with Crippen LogP contribution < -0.4 is 11.1 Å². The lowest BCUT2D eigenvalue weighted by molar-refractivity contribution is -0.138. The number of rotatable bonds is 5. The van der Waals surface area contributed by atoms with Crippen LogP contribution >= 0.6 is 0 Å². The molecule has 5 nitrogen and oxygen atoms in total. The minimum absolute atomic E-state index is 0.0209. The molecule has 0 spiro atoms. The highest BCUT2D eigenvalue weighted by Gasteiger charge is 2.27. The maximum Gasteiger partial charge on any atom is 0.244 e. The summed E-state index contributed by atoms with van der Waals surface area (Å²) in [7, 11) is 0. The van der Waals surface area contributed by atoms with Gasteiger partial charge in [0.05, 0.1) is 5.92 Å². The Labute approximate surface area is 115 Å². The second-order valence-electron chi connectivity index (χ2n) is 5.70. The standard InChI is InChI=1S/C14H27N3O2/c1-10(2)12(9-15)13(18)16-11(3)14(19)17-7-5-4-6-8-17/h10-12H,4-9,15H2,1-3H3,(H,16,18). The number of hydrogen-bond donors (Lipinski definition) is 2. The number of nitrogens with one attached hydrogen (secondary N) is 1. The van der Waals surface area contributed by atoms with Gasteiger partial charge in [-0.2, -0.15) is 0 Å². The van der Waals surface area contributed by atoms with Crippen molar-refractivity contribution in [1.82, 2.24) is 10.2 Å². The lowest BCUT2D eigenvalue weighted by Gasteiger charge is -2.30.